The molecule has 2 fully saturated rings. The van der Waals surface area contributed by atoms with Gasteiger partial charge >= 0.3 is 6.09 Å². The summed E-state index contributed by atoms with van der Waals surface area (Å²) in [7, 11) is 1.64. The van der Waals surface area contributed by atoms with E-state index in [9.17, 15) is 9.59 Å². The van der Waals surface area contributed by atoms with Crippen LogP contribution in [0.5, 0.6) is 5.75 Å². The van der Waals surface area contributed by atoms with Gasteiger partial charge in [-0.05, 0) is 37.0 Å². The predicted octanol–water partition coefficient (Wildman–Crippen LogP) is 3.87. The molecule has 1 heterocycles. The summed E-state index contributed by atoms with van der Waals surface area (Å²) in [5.74, 6) is 1.09. The molecule has 24 heavy (non-hydrogen) atoms. The third-order valence-corrected chi connectivity index (χ3v) is 5.33. The summed E-state index contributed by atoms with van der Waals surface area (Å²) in [5, 5.41) is 0. The van der Waals surface area contributed by atoms with Crippen LogP contribution in [0.2, 0.25) is 0 Å². The Hall–Kier alpha value is -2.04. The largest absolute Gasteiger partial charge is 0.497 e. The summed E-state index contributed by atoms with van der Waals surface area (Å²) < 4.78 is 11.0. The van der Waals surface area contributed by atoms with Gasteiger partial charge in [-0.2, -0.15) is 0 Å². The average molecular weight is 331 g/mol. The predicted molar refractivity (Wildman–Crippen MR) is 90.0 cm³/mol. The van der Waals surface area contributed by atoms with Gasteiger partial charge in [0.25, 0.3) is 0 Å². The molecule has 1 saturated carbocycles. The summed E-state index contributed by atoms with van der Waals surface area (Å²) in [6.07, 6.45) is 3.78. The topological polar surface area (TPSA) is 55.8 Å². The lowest BCUT2D eigenvalue weighted by molar-refractivity contribution is -0.129. The SMILES string of the molecule is CC[C@@H](c1ccc(OC)cc1)N1CCC2(CCC(=O)CC2)OC1=O. The minimum atomic E-state index is -0.417. The normalized spacial score (nSPS) is 21.5. The highest BCUT2D eigenvalue weighted by atomic mass is 16.6. The second kappa shape index (κ2) is 6.83. The molecule has 0 aromatic heterocycles. The molecule has 1 aromatic carbocycles. The zero-order chi connectivity index (χ0) is 17.2. The Bertz CT molecular complexity index is 600. The third kappa shape index (κ3) is 3.25. The number of carbonyl (C=O) groups excluding carboxylic acids is 2. The molecule has 1 aliphatic carbocycles. The van der Waals surface area contributed by atoms with Gasteiger partial charge in [0, 0.05) is 25.8 Å². The molecule has 2 aliphatic rings. The number of ether oxygens (including phenoxy) is 2. The number of carbonyl (C=O) groups is 2. The summed E-state index contributed by atoms with van der Waals surface area (Å²) >= 11 is 0. The van der Waals surface area contributed by atoms with Crippen LogP contribution in [-0.4, -0.2) is 36.0 Å². The Morgan fingerprint density at radius 2 is 1.83 bits per heavy atom. The number of benzene rings is 1. The summed E-state index contributed by atoms with van der Waals surface area (Å²) in [6.45, 7) is 2.75. The van der Waals surface area contributed by atoms with Crippen LogP contribution in [-0.2, 0) is 9.53 Å². The number of methoxy groups -OCH3 is 1. The van der Waals surface area contributed by atoms with Crippen molar-refractivity contribution in [2.24, 2.45) is 0 Å². The van der Waals surface area contributed by atoms with E-state index in [1.54, 1.807) is 7.11 Å². The van der Waals surface area contributed by atoms with Crippen LogP contribution in [0.4, 0.5) is 4.79 Å². The van der Waals surface area contributed by atoms with Gasteiger partial charge in [0.15, 0.2) is 0 Å². The quantitative estimate of drug-likeness (QED) is 0.840. The molecule has 0 radical (unpaired) electrons. The van der Waals surface area contributed by atoms with Crippen molar-refractivity contribution in [2.45, 2.75) is 57.1 Å². The van der Waals surface area contributed by atoms with Gasteiger partial charge in [-0.25, -0.2) is 4.79 Å². The number of hydrogen-bond acceptors (Lipinski definition) is 4. The van der Waals surface area contributed by atoms with E-state index in [0.29, 0.717) is 32.2 Å². The maximum atomic E-state index is 12.6. The van der Waals surface area contributed by atoms with Gasteiger partial charge < -0.3 is 14.4 Å². The van der Waals surface area contributed by atoms with Crippen molar-refractivity contribution in [3.8, 4) is 5.75 Å². The third-order valence-electron chi connectivity index (χ3n) is 5.33. The number of nitrogens with zero attached hydrogens (tertiary/aromatic N) is 1. The van der Waals surface area contributed by atoms with Gasteiger partial charge in [0.2, 0.25) is 0 Å². The Labute approximate surface area is 142 Å². The molecular weight excluding hydrogens is 306 g/mol. The lowest BCUT2D eigenvalue weighted by atomic mass is 9.80. The number of ketones is 1. The highest BCUT2D eigenvalue weighted by Crippen LogP contribution is 2.39. The van der Waals surface area contributed by atoms with Crippen LogP contribution in [0, 0.1) is 0 Å². The van der Waals surface area contributed by atoms with E-state index in [-0.39, 0.29) is 17.9 Å². The minimum Gasteiger partial charge on any atom is -0.497 e. The molecule has 1 atom stereocenters. The lowest BCUT2D eigenvalue weighted by Gasteiger charge is -2.45. The summed E-state index contributed by atoms with van der Waals surface area (Å²) in [6, 6.07) is 7.85. The first kappa shape index (κ1) is 16.8. The zero-order valence-electron chi connectivity index (χ0n) is 14.4. The van der Waals surface area contributed by atoms with Crippen molar-refractivity contribution in [1.82, 2.24) is 4.90 Å². The Kier molecular flexibility index (Phi) is 4.78. The Balaban J connectivity index is 1.72. The maximum Gasteiger partial charge on any atom is 0.410 e. The van der Waals surface area contributed by atoms with Crippen LogP contribution in [0.1, 0.15) is 57.1 Å². The molecule has 130 valence electrons. The monoisotopic (exact) mass is 331 g/mol. The van der Waals surface area contributed by atoms with Crippen molar-refractivity contribution in [3.05, 3.63) is 29.8 Å². The molecular formula is C19H25NO4. The standard InChI is InChI=1S/C19H25NO4/c1-3-17(14-4-6-16(23-2)7-5-14)20-13-12-19(24-18(20)22)10-8-15(21)9-11-19/h4-7,17H,3,8-13H2,1-2H3/t17-/m0/s1. The lowest BCUT2D eigenvalue weighted by Crippen LogP contribution is -2.52. The first-order chi connectivity index (χ1) is 11.6. The van der Waals surface area contributed by atoms with Crippen molar-refractivity contribution in [2.75, 3.05) is 13.7 Å². The van der Waals surface area contributed by atoms with Crippen molar-refractivity contribution in [3.63, 3.8) is 0 Å². The first-order valence-electron chi connectivity index (χ1n) is 8.72. The molecule has 5 nitrogen and oxygen atoms in total. The van der Waals surface area contributed by atoms with Crippen molar-refractivity contribution in [1.29, 1.82) is 0 Å². The fourth-order valence-corrected chi connectivity index (χ4v) is 3.79. The fraction of sp³-hybridized carbons (Fsp3) is 0.579. The highest BCUT2D eigenvalue weighted by Gasteiger charge is 2.44. The molecule has 0 bridgehead atoms. The summed E-state index contributed by atoms with van der Waals surface area (Å²) in [4.78, 5) is 25.9. The smallest absolute Gasteiger partial charge is 0.410 e. The van der Waals surface area contributed by atoms with Crippen molar-refractivity contribution < 1.29 is 19.1 Å². The molecule has 1 aliphatic heterocycles. The second-order valence-electron chi connectivity index (χ2n) is 6.73. The van der Waals surface area contributed by atoms with Crippen LogP contribution in [0.25, 0.3) is 0 Å². The molecule has 1 amide bonds. The number of rotatable bonds is 4. The van der Waals surface area contributed by atoms with Gasteiger partial charge in [-0.1, -0.05) is 19.1 Å². The van der Waals surface area contributed by atoms with Gasteiger partial charge in [-0.15, -0.1) is 0 Å². The van der Waals surface area contributed by atoms with Crippen LogP contribution in [0.15, 0.2) is 24.3 Å². The van der Waals surface area contributed by atoms with Crippen LogP contribution in [0.3, 0.4) is 0 Å². The first-order valence-corrected chi connectivity index (χ1v) is 8.72. The molecule has 1 saturated heterocycles. The van der Waals surface area contributed by atoms with Crippen LogP contribution < -0.4 is 4.74 Å². The molecule has 0 N–H and O–H groups in total. The Morgan fingerprint density at radius 3 is 2.38 bits per heavy atom. The molecule has 5 heteroatoms. The number of amides is 1. The second-order valence-corrected chi connectivity index (χ2v) is 6.73. The van der Waals surface area contributed by atoms with E-state index < -0.39 is 5.60 Å². The highest BCUT2D eigenvalue weighted by molar-refractivity contribution is 5.80. The van der Waals surface area contributed by atoms with E-state index in [2.05, 4.69) is 6.92 Å². The fourth-order valence-electron chi connectivity index (χ4n) is 3.79. The van der Waals surface area contributed by atoms with E-state index in [1.807, 2.05) is 29.2 Å². The average Bonchev–Trinajstić information content (AvgIpc) is 2.61. The van der Waals surface area contributed by atoms with E-state index in [0.717, 1.165) is 24.2 Å². The van der Waals surface area contributed by atoms with Gasteiger partial charge in [0.1, 0.15) is 17.1 Å². The van der Waals surface area contributed by atoms with E-state index >= 15 is 0 Å². The maximum absolute atomic E-state index is 12.6. The minimum absolute atomic E-state index is 0.00554. The summed E-state index contributed by atoms with van der Waals surface area (Å²) in [5.41, 5.74) is 0.671. The number of hydrogen-bond donors (Lipinski definition) is 0. The molecule has 1 spiro atoms. The van der Waals surface area contributed by atoms with E-state index in [4.69, 9.17) is 9.47 Å². The number of Topliss-reactive ketones (excluding diaryl/α,β-unsaturated/α-hetero) is 1. The molecule has 3 rings (SSSR count). The van der Waals surface area contributed by atoms with Crippen molar-refractivity contribution >= 4 is 11.9 Å². The van der Waals surface area contributed by atoms with Gasteiger partial charge in [-0.3, -0.25) is 4.79 Å². The molecule has 1 aromatic rings. The van der Waals surface area contributed by atoms with Gasteiger partial charge in [0.05, 0.1) is 13.2 Å². The zero-order valence-corrected chi connectivity index (χ0v) is 14.4. The van der Waals surface area contributed by atoms with Crippen LogP contribution >= 0.6 is 0 Å². The molecule has 0 unspecified atom stereocenters. The van der Waals surface area contributed by atoms with E-state index in [1.165, 1.54) is 0 Å². The Morgan fingerprint density at radius 1 is 1.17 bits per heavy atom.